The van der Waals surface area contributed by atoms with Crippen LogP contribution in [-0.4, -0.2) is 49.4 Å². The molecule has 2 amide bonds. The molecule has 1 aromatic carbocycles. The van der Waals surface area contributed by atoms with E-state index in [0.717, 1.165) is 22.3 Å². The van der Waals surface area contributed by atoms with Crippen molar-refractivity contribution in [2.75, 3.05) is 12.8 Å². The number of hydrogen-bond acceptors (Lipinski definition) is 5. The number of carboxylic acid groups (broad SMARTS) is 1. The van der Waals surface area contributed by atoms with E-state index in [0.29, 0.717) is 0 Å². The van der Waals surface area contributed by atoms with Crippen LogP contribution in [0.25, 0.3) is 0 Å². The van der Waals surface area contributed by atoms with E-state index >= 15 is 0 Å². The van der Waals surface area contributed by atoms with Crippen molar-refractivity contribution in [3.8, 4) is 0 Å². The van der Waals surface area contributed by atoms with Gasteiger partial charge in [0.2, 0.25) is 0 Å². The summed E-state index contributed by atoms with van der Waals surface area (Å²) in [5, 5.41) is 13.1. The van der Waals surface area contributed by atoms with Crippen LogP contribution in [0.2, 0.25) is 0 Å². The SMILES string of the molecule is Cc1cccc(C(C)NC(=O)N2C[C@H](S(C)(=O)=O)C[C@H]2C(=O)[O-])c1.[K+]. The van der Waals surface area contributed by atoms with Crippen LogP contribution in [0.5, 0.6) is 0 Å². The molecular weight excluding hydrogens is 371 g/mol. The Bertz CT molecular complexity index is 753. The Hall–Kier alpha value is -0.454. The molecule has 1 saturated heterocycles. The standard InChI is InChI=1S/C16H22N2O5S.K/c1-10-5-4-6-12(7-10)11(2)17-16(21)18-9-13(24(3,22)23)8-14(18)15(19)20;/h4-7,11,13-14H,8-9H2,1-3H3,(H,17,21)(H,19,20);/q;+1/p-1/t11?,13-,14+;/m1./s1. The third-order valence-corrected chi connectivity index (χ3v) is 5.84. The molecular formula is C16H21KN2O5S. The normalized spacial score (nSPS) is 21.3. The van der Waals surface area contributed by atoms with Gasteiger partial charge in [-0.1, -0.05) is 29.8 Å². The van der Waals surface area contributed by atoms with Crippen LogP contribution in [0, 0.1) is 6.92 Å². The summed E-state index contributed by atoms with van der Waals surface area (Å²) >= 11 is 0. The minimum atomic E-state index is -3.43. The smallest absolute Gasteiger partial charge is 0.548 e. The van der Waals surface area contributed by atoms with Gasteiger partial charge in [0.1, 0.15) is 0 Å². The van der Waals surface area contributed by atoms with Crippen LogP contribution in [-0.2, 0) is 14.6 Å². The zero-order valence-corrected chi connectivity index (χ0v) is 18.8. The molecule has 1 heterocycles. The van der Waals surface area contributed by atoms with Crippen molar-refractivity contribution in [2.24, 2.45) is 0 Å². The monoisotopic (exact) mass is 392 g/mol. The van der Waals surface area contributed by atoms with E-state index in [4.69, 9.17) is 0 Å². The molecule has 1 unspecified atom stereocenters. The summed E-state index contributed by atoms with van der Waals surface area (Å²) in [6.07, 6.45) is 0.897. The van der Waals surface area contributed by atoms with Gasteiger partial charge < -0.3 is 20.1 Å². The number of carboxylic acids is 1. The number of nitrogens with one attached hydrogen (secondary N) is 1. The first-order valence-corrected chi connectivity index (χ1v) is 9.58. The van der Waals surface area contributed by atoms with E-state index in [9.17, 15) is 23.1 Å². The Morgan fingerprint density at radius 2 is 2.00 bits per heavy atom. The van der Waals surface area contributed by atoms with E-state index in [1.807, 2.05) is 31.2 Å². The second kappa shape index (κ2) is 8.96. The van der Waals surface area contributed by atoms with Crippen molar-refractivity contribution in [3.05, 3.63) is 35.4 Å². The molecule has 0 radical (unpaired) electrons. The zero-order chi connectivity index (χ0) is 18.1. The average Bonchev–Trinajstić information content (AvgIpc) is 2.92. The van der Waals surface area contributed by atoms with Crippen LogP contribution in [0.1, 0.15) is 30.5 Å². The quantitative estimate of drug-likeness (QED) is 0.550. The number of sulfone groups is 1. The Labute approximate surface area is 190 Å². The number of aliphatic carboxylic acids is 1. The summed E-state index contributed by atoms with van der Waals surface area (Å²) in [6, 6.07) is 5.40. The van der Waals surface area contributed by atoms with Gasteiger partial charge in [-0.3, -0.25) is 0 Å². The summed E-state index contributed by atoms with van der Waals surface area (Å²) in [4.78, 5) is 24.7. The average molecular weight is 393 g/mol. The van der Waals surface area contributed by atoms with E-state index in [-0.39, 0.29) is 70.4 Å². The third kappa shape index (κ3) is 5.76. The second-order valence-corrected chi connectivity index (χ2v) is 8.59. The fraction of sp³-hybridized carbons (Fsp3) is 0.500. The summed E-state index contributed by atoms with van der Waals surface area (Å²) < 4.78 is 23.4. The molecule has 132 valence electrons. The third-order valence-electron chi connectivity index (χ3n) is 4.28. The number of carbonyl (C=O) groups excluding carboxylic acids is 2. The van der Waals surface area contributed by atoms with Crippen molar-refractivity contribution < 1.29 is 74.5 Å². The molecule has 1 N–H and O–H groups in total. The van der Waals surface area contributed by atoms with Crippen molar-refractivity contribution in [2.45, 2.75) is 37.6 Å². The van der Waals surface area contributed by atoms with Crippen LogP contribution < -0.4 is 61.8 Å². The zero-order valence-electron chi connectivity index (χ0n) is 14.9. The van der Waals surface area contributed by atoms with Gasteiger partial charge in [-0.25, -0.2) is 13.2 Å². The molecule has 9 heteroatoms. The van der Waals surface area contributed by atoms with E-state index in [2.05, 4.69) is 5.32 Å². The molecule has 3 atom stereocenters. The first kappa shape index (κ1) is 22.6. The maximum absolute atomic E-state index is 12.4. The summed E-state index contributed by atoms with van der Waals surface area (Å²) in [6.45, 7) is 3.57. The minimum absolute atomic E-state index is 0. The van der Waals surface area contributed by atoms with Crippen molar-refractivity contribution in [1.82, 2.24) is 10.2 Å². The number of urea groups is 1. The van der Waals surface area contributed by atoms with Gasteiger partial charge in [0, 0.05) is 12.8 Å². The van der Waals surface area contributed by atoms with Gasteiger partial charge in [0.15, 0.2) is 9.84 Å². The Balaban J connectivity index is 0.00000312. The number of rotatable bonds is 4. The fourth-order valence-electron chi connectivity index (χ4n) is 2.85. The summed E-state index contributed by atoms with van der Waals surface area (Å²) in [5.74, 6) is -1.44. The molecule has 0 aromatic heterocycles. The molecule has 2 rings (SSSR count). The first-order valence-electron chi connectivity index (χ1n) is 7.63. The molecule has 0 spiro atoms. The maximum Gasteiger partial charge on any atom is 1.00 e. The van der Waals surface area contributed by atoms with Gasteiger partial charge in [0.05, 0.1) is 23.3 Å². The molecule has 1 fully saturated rings. The number of benzene rings is 1. The van der Waals surface area contributed by atoms with Crippen molar-refractivity contribution in [3.63, 3.8) is 0 Å². The van der Waals surface area contributed by atoms with Crippen molar-refractivity contribution in [1.29, 1.82) is 0 Å². The fourth-order valence-corrected chi connectivity index (χ4v) is 3.81. The van der Waals surface area contributed by atoms with Crippen molar-refractivity contribution >= 4 is 21.8 Å². The molecule has 0 bridgehead atoms. The minimum Gasteiger partial charge on any atom is -0.548 e. The van der Waals surface area contributed by atoms with Gasteiger partial charge in [-0.15, -0.1) is 0 Å². The number of amides is 2. The predicted molar refractivity (Wildman–Crippen MR) is 86.9 cm³/mol. The molecule has 0 saturated carbocycles. The molecule has 1 aliphatic heterocycles. The van der Waals surface area contributed by atoms with Gasteiger partial charge in [0.25, 0.3) is 0 Å². The van der Waals surface area contributed by atoms with Gasteiger partial charge in [-0.2, -0.15) is 0 Å². The number of nitrogens with zero attached hydrogens (tertiary/aromatic N) is 1. The van der Waals surface area contributed by atoms with Crippen LogP contribution in [0.3, 0.4) is 0 Å². The number of likely N-dealkylation sites (tertiary alicyclic amines) is 1. The number of aryl methyl sites for hydroxylation is 1. The van der Waals surface area contributed by atoms with E-state index in [1.54, 1.807) is 6.92 Å². The van der Waals surface area contributed by atoms with E-state index in [1.165, 1.54) is 0 Å². The van der Waals surface area contributed by atoms with Crippen LogP contribution in [0.15, 0.2) is 24.3 Å². The number of hydrogen-bond donors (Lipinski definition) is 1. The number of carbonyl (C=O) groups is 2. The molecule has 0 aliphatic carbocycles. The van der Waals surface area contributed by atoms with E-state index < -0.39 is 33.1 Å². The van der Waals surface area contributed by atoms with Crippen LogP contribution in [0.4, 0.5) is 4.79 Å². The topological polar surface area (TPSA) is 107 Å². The van der Waals surface area contributed by atoms with Gasteiger partial charge in [-0.05, 0) is 25.8 Å². The van der Waals surface area contributed by atoms with Gasteiger partial charge >= 0.3 is 57.4 Å². The Morgan fingerprint density at radius 1 is 1.36 bits per heavy atom. The largest absolute Gasteiger partial charge is 1.00 e. The molecule has 1 aliphatic rings. The first-order chi connectivity index (χ1) is 11.1. The predicted octanol–water partition coefficient (Wildman–Crippen LogP) is -2.99. The molecule has 1 aromatic rings. The summed E-state index contributed by atoms with van der Waals surface area (Å²) in [5.41, 5.74) is 1.92. The molecule has 25 heavy (non-hydrogen) atoms. The second-order valence-electron chi connectivity index (χ2n) is 6.26. The maximum atomic E-state index is 12.4. The Morgan fingerprint density at radius 3 is 2.52 bits per heavy atom. The summed E-state index contributed by atoms with van der Waals surface area (Å²) in [7, 11) is -3.43. The Kier molecular flexibility index (Phi) is 8.10. The van der Waals surface area contributed by atoms with Crippen LogP contribution >= 0.6 is 0 Å². The molecule has 7 nitrogen and oxygen atoms in total.